The number of anilines is 1. The van der Waals surface area contributed by atoms with E-state index in [1.807, 2.05) is 30.3 Å². The predicted molar refractivity (Wildman–Crippen MR) is 113 cm³/mol. The molecule has 1 aliphatic carbocycles. The number of carbonyl (C=O) groups is 2. The molecule has 2 N–H and O–H groups in total. The molecular weight excluding hydrogens is 378 g/mol. The molecule has 6 heteroatoms. The molecule has 148 valence electrons. The van der Waals surface area contributed by atoms with E-state index in [1.54, 1.807) is 24.3 Å². The van der Waals surface area contributed by atoms with Crippen molar-refractivity contribution in [2.45, 2.75) is 5.92 Å². The number of ether oxygens (including phenoxy) is 1. The smallest absolute Gasteiger partial charge is 0.411 e. The van der Waals surface area contributed by atoms with Gasteiger partial charge in [0.2, 0.25) is 0 Å². The van der Waals surface area contributed by atoms with E-state index in [0.29, 0.717) is 5.69 Å². The highest BCUT2D eigenvalue weighted by atomic mass is 16.5. The molecule has 0 saturated heterocycles. The van der Waals surface area contributed by atoms with E-state index in [-0.39, 0.29) is 24.6 Å². The molecule has 0 saturated carbocycles. The Balaban J connectivity index is 1.47. The fraction of sp³-hybridized carbons (Fsp3) is 0.125. The van der Waals surface area contributed by atoms with E-state index < -0.39 is 12.0 Å². The van der Waals surface area contributed by atoms with Gasteiger partial charge < -0.3 is 10.1 Å². The van der Waals surface area contributed by atoms with Crippen LogP contribution < -0.4 is 10.6 Å². The third-order valence-corrected chi connectivity index (χ3v) is 5.08. The standard InChI is InChI=1S/C24H19N3O3/c25-13-14-26-23(28)20-11-5-6-12-22(20)27-24(29)30-15-21-18-9-3-1-7-16(18)17-8-2-4-10-19(17)21/h1-12,21H,14-15H2,(H,26,28)(H,27,29). The number of hydrogen-bond donors (Lipinski definition) is 2. The quantitative estimate of drug-likeness (QED) is 0.628. The molecule has 0 fully saturated rings. The molecule has 0 aromatic heterocycles. The number of para-hydroxylation sites is 1. The van der Waals surface area contributed by atoms with Crippen LogP contribution in [0.1, 0.15) is 27.4 Å². The number of rotatable bonds is 5. The van der Waals surface area contributed by atoms with Gasteiger partial charge >= 0.3 is 6.09 Å². The topological polar surface area (TPSA) is 91.2 Å². The van der Waals surface area contributed by atoms with Gasteiger partial charge in [-0.2, -0.15) is 5.26 Å². The second-order valence-electron chi connectivity index (χ2n) is 6.84. The number of amides is 2. The minimum atomic E-state index is -0.641. The first kappa shape index (κ1) is 19.2. The number of fused-ring (bicyclic) bond motifs is 3. The van der Waals surface area contributed by atoms with Gasteiger partial charge in [0.25, 0.3) is 5.91 Å². The summed E-state index contributed by atoms with van der Waals surface area (Å²) >= 11 is 0. The van der Waals surface area contributed by atoms with Crippen molar-refractivity contribution in [1.82, 2.24) is 5.32 Å². The zero-order valence-corrected chi connectivity index (χ0v) is 16.1. The SMILES string of the molecule is N#CCNC(=O)c1ccccc1NC(=O)OCC1c2ccccc2-c2ccccc21. The predicted octanol–water partition coefficient (Wildman–Crippen LogP) is 4.30. The summed E-state index contributed by atoms with van der Waals surface area (Å²) in [6.45, 7) is 0.0702. The number of nitrogens with one attached hydrogen (secondary N) is 2. The lowest BCUT2D eigenvalue weighted by atomic mass is 9.98. The van der Waals surface area contributed by atoms with Crippen LogP contribution in [0.25, 0.3) is 11.1 Å². The lowest BCUT2D eigenvalue weighted by Crippen LogP contribution is -2.26. The van der Waals surface area contributed by atoms with Crippen molar-refractivity contribution >= 4 is 17.7 Å². The van der Waals surface area contributed by atoms with Crippen LogP contribution in [-0.4, -0.2) is 25.2 Å². The lowest BCUT2D eigenvalue weighted by Gasteiger charge is -2.15. The van der Waals surface area contributed by atoms with Crippen LogP contribution in [0, 0.1) is 11.3 Å². The second kappa shape index (κ2) is 8.50. The van der Waals surface area contributed by atoms with Crippen LogP contribution in [0.15, 0.2) is 72.8 Å². The molecule has 4 rings (SSSR count). The first-order chi connectivity index (χ1) is 14.7. The third-order valence-electron chi connectivity index (χ3n) is 5.08. The summed E-state index contributed by atoms with van der Waals surface area (Å²) in [5.74, 6) is -0.483. The van der Waals surface area contributed by atoms with E-state index in [2.05, 4.69) is 34.9 Å². The number of carbonyl (C=O) groups excluding carboxylic acids is 2. The number of nitriles is 1. The van der Waals surface area contributed by atoms with E-state index >= 15 is 0 Å². The van der Waals surface area contributed by atoms with Crippen LogP contribution in [0.3, 0.4) is 0 Å². The zero-order valence-electron chi connectivity index (χ0n) is 16.1. The molecule has 0 bridgehead atoms. The summed E-state index contributed by atoms with van der Waals surface area (Å²) in [7, 11) is 0. The molecular formula is C24H19N3O3. The van der Waals surface area contributed by atoms with Crippen LogP contribution in [-0.2, 0) is 4.74 Å². The van der Waals surface area contributed by atoms with Crippen LogP contribution in [0.4, 0.5) is 10.5 Å². The van der Waals surface area contributed by atoms with E-state index in [9.17, 15) is 9.59 Å². The van der Waals surface area contributed by atoms with Crippen molar-refractivity contribution in [3.63, 3.8) is 0 Å². The minimum Gasteiger partial charge on any atom is -0.448 e. The Morgan fingerprint density at radius 1 is 0.900 bits per heavy atom. The van der Waals surface area contributed by atoms with E-state index in [0.717, 1.165) is 22.3 Å². The van der Waals surface area contributed by atoms with Gasteiger partial charge in [-0.15, -0.1) is 0 Å². The Kier molecular flexibility index (Phi) is 5.44. The van der Waals surface area contributed by atoms with Crippen molar-refractivity contribution in [1.29, 1.82) is 5.26 Å². The van der Waals surface area contributed by atoms with Gasteiger partial charge in [-0.05, 0) is 34.4 Å². The Morgan fingerprint density at radius 3 is 2.17 bits per heavy atom. The van der Waals surface area contributed by atoms with Gasteiger partial charge in [-0.1, -0.05) is 60.7 Å². The fourth-order valence-electron chi connectivity index (χ4n) is 3.75. The van der Waals surface area contributed by atoms with E-state index in [4.69, 9.17) is 10.00 Å². The van der Waals surface area contributed by atoms with E-state index in [1.165, 1.54) is 0 Å². The van der Waals surface area contributed by atoms with Gasteiger partial charge in [0.15, 0.2) is 0 Å². The zero-order chi connectivity index (χ0) is 20.9. The monoisotopic (exact) mass is 397 g/mol. The van der Waals surface area contributed by atoms with Crippen molar-refractivity contribution in [3.8, 4) is 17.2 Å². The molecule has 6 nitrogen and oxygen atoms in total. The molecule has 0 radical (unpaired) electrons. The summed E-state index contributed by atoms with van der Waals surface area (Å²) in [5, 5.41) is 13.7. The summed E-state index contributed by atoms with van der Waals surface area (Å²) in [4.78, 5) is 24.7. The van der Waals surface area contributed by atoms with Crippen molar-refractivity contribution in [2.75, 3.05) is 18.5 Å². The highest BCUT2D eigenvalue weighted by Crippen LogP contribution is 2.44. The van der Waals surface area contributed by atoms with Gasteiger partial charge in [0, 0.05) is 5.92 Å². The van der Waals surface area contributed by atoms with Crippen molar-refractivity contribution in [3.05, 3.63) is 89.5 Å². The van der Waals surface area contributed by atoms with Crippen LogP contribution in [0.5, 0.6) is 0 Å². The van der Waals surface area contributed by atoms with Gasteiger partial charge in [-0.25, -0.2) is 4.79 Å². The Labute approximate surface area is 174 Å². The maximum atomic E-state index is 12.5. The first-order valence-corrected chi connectivity index (χ1v) is 9.55. The highest BCUT2D eigenvalue weighted by molar-refractivity contribution is 6.02. The summed E-state index contributed by atoms with van der Waals surface area (Å²) < 4.78 is 5.53. The minimum absolute atomic E-state index is 0.0441. The highest BCUT2D eigenvalue weighted by Gasteiger charge is 2.29. The molecule has 3 aromatic rings. The molecule has 0 atom stereocenters. The molecule has 0 heterocycles. The third kappa shape index (κ3) is 3.74. The summed E-state index contributed by atoms with van der Waals surface area (Å²) in [6, 6.07) is 24.6. The second-order valence-corrected chi connectivity index (χ2v) is 6.84. The molecule has 3 aromatic carbocycles. The molecule has 2 amide bonds. The van der Waals surface area contributed by atoms with Gasteiger partial charge in [-0.3, -0.25) is 10.1 Å². The normalized spacial score (nSPS) is 11.7. The average Bonchev–Trinajstić information content (AvgIpc) is 3.10. The lowest BCUT2D eigenvalue weighted by molar-refractivity contribution is 0.0959. The average molecular weight is 397 g/mol. The first-order valence-electron chi connectivity index (χ1n) is 9.55. The number of nitrogens with zero attached hydrogens (tertiary/aromatic N) is 1. The van der Waals surface area contributed by atoms with Crippen molar-refractivity contribution in [2.24, 2.45) is 0 Å². The van der Waals surface area contributed by atoms with Crippen LogP contribution >= 0.6 is 0 Å². The number of hydrogen-bond acceptors (Lipinski definition) is 4. The summed E-state index contributed by atoms with van der Waals surface area (Å²) in [6.07, 6.45) is -0.641. The van der Waals surface area contributed by atoms with Gasteiger partial charge in [0.1, 0.15) is 13.2 Å². The Bertz CT molecular complexity index is 1100. The Hall–Kier alpha value is -4.11. The molecule has 0 unspecified atom stereocenters. The summed E-state index contributed by atoms with van der Waals surface area (Å²) in [5.41, 5.74) is 5.15. The molecule has 0 aliphatic heterocycles. The van der Waals surface area contributed by atoms with Crippen molar-refractivity contribution < 1.29 is 14.3 Å². The van der Waals surface area contributed by atoms with Crippen LogP contribution in [0.2, 0.25) is 0 Å². The maximum absolute atomic E-state index is 12.5. The largest absolute Gasteiger partial charge is 0.448 e. The molecule has 30 heavy (non-hydrogen) atoms. The Morgan fingerprint density at radius 2 is 1.50 bits per heavy atom. The number of benzene rings is 3. The molecule has 0 spiro atoms. The maximum Gasteiger partial charge on any atom is 0.411 e. The fourth-order valence-corrected chi connectivity index (χ4v) is 3.75. The molecule has 1 aliphatic rings. The van der Waals surface area contributed by atoms with Gasteiger partial charge in [0.05, 0.1) is 17.3 Å².